The summed E-state index contributed by atoms with van der Waals surface area (Å²) in [5.41, 5.74) is 0. The van der Waals surface area contributed by atoms with Crippen LogP contribution in [-0.2, 0) is 0 Å². The molecular formula is C13H22N2O. The monoisotopic (exact) mass is 222 g/mol. The van der Waals surface area contributed by atoms with Crippen LogP contribution in [0.3, 0.4) is 0 Å². The largest absolute Gasteiger partial charge is 0.395 e. The van der Waals surface area contributed by atoms with Crippen LogP contribution in [0.1, 0.15) is 44.9 Å². The van der Waals surface area contributed by atoms with E-state index in [1.165, 1.54) is 32.1 Å². The molecule has 2 fully saturated rings. The first-order valence-corrected chi connectivity index (χ1v) is 6.63. The summed E-state index contributed by atoms with van der Waals surface area (Å²) in [5.74, 6) is 0.195. The van der Waals surface area contributed by atoms with Crippen LogP contribution < -0.4 is 0 Å². The lowest BCUT2D eigenvalue weighted by atomic mass is 9.81. The van der Waals surface area contributed by atoms with Gasteiger partial charge < -0.3 is 5.11 Å². The molecule has 0 aromatic rings. The number of hydrogen-bond donors (Lipinski definition) is 1. The average molecular weight is 222 g/mol. The fraction of sp³-hybridized carbons (Fsp3) is 0.923. The predicted octanol–water partition coefficient (Wildman–Crippen LogP) is 1.92. The minimum atomic E-state index is 0.195. The van der Waals surface area contributed by atoms with Gasteiger partial charge in [0.1, 0.15) is 0 Å². The van der Waals surface area contributed by atoms with Crippen LogP contribution in [0.2, 0.25) is 0 Å². The third-order valence-electron chi connectivity index (χ3n) is 4.22. The lowest BCUT2D eigenvalue weighted by molar-refractivity contribution is 0.0286. The van der Waals surface area contributed by atoms with Crippen LogP contribution >= 0.6 is 0 Å². The Balaban J connectivity index is 2.01. The molecule has 2 unspecified atom stereocenters. The number of nitrogens with zero attached hydrogens (tertiary/aromatic N) is 2. The molecule has 2 aliphatic rings. The van der Waals surface area contributed by atoms with Gasteiger partial charge in [0.15, 0.2) is 0 Å². The molecule has 0 bridgehead atoms. The molecule has 2 aliphatic carbocycles. The van der Waals surface area contributed by atoms with Crippen molar-refractivity contribution in [2.45, 2.75) is 57.0 Å². The second kappa shape index (κ2) is 5.65. The fourth-order valence-electron chi connectivity index (χ4n) is 3.11. The van der Waals surface area contributed by atoms with E-state index in [2.05, 4.69) is 11.0 Å². The van der Waals surface area contributed by atoms with E-state index in [1.807, 2.05) is 0 Å². The van der Waals surface area contributed by atoms with Gasteiger partial charge in [-0.2, -0.15) is 5.26 Å². The van der Waals surface area contributed by atoms with Crippen molar-refractivity contribution in [1.29, 1.82) is 5.26 Å². The zero-order valence-electron chi connectivity index (χ0n) is 9.94. The van der Waals surface area contributed by atoms with Crippen molar-refractivity contribution >= 4 is 0 Å². The molecule has 0 aliphatic heterocycles. The van der Waals surface area contributed by atoms with Gasteiger partial charge in [-0.25, -0.2) is 0 Å². The Bertz CT molecular complexity index is 257. The normalized spacial score (nSPS) is 31.1. The molecule has 0 saturated heterocycles. The highest BCUT2D eigenvalue weighted by atomic mass is 16.3. The summed E-state index contributed by atoms with van der Waals surface area (Å²) in [7, 11) is 0. The summed E-state index contributed by atoms with van der Waals surface area (Å²) in [6.07, 6.45) is 8.48. The summed E-state index contributed by atoms with van der Waals surface area (Å²) < 4.78 is 0. The van der Waals surface area contributed by atoms with E-state index >= 15 is 0 Å². The zero-order valence-corrected chi connectivity index (χ0v) is 9.94. The van der Waals surface area contributed by atoms with Crippen LogP contribution in [0, 0.1) is 17.2 Å². The number of aliphatic hydroxyl groups excluding tert-OH is 1. The lowest BCUT2D eigenvalue weighted by Crippen LogP contribution is -2.51. The number of aliphatic hydroxyl groups is 1. The van der Waals surface area contributed by atoms with Crippen molar-refractivity contribution in [2.24, 2.45) is 5.92 Å². The number of rotatable bonds is 4. The Morgan fingerprint density at radius 3 is 2.44 bits per heavy atom. The standard InChI is InChI=1S/C13H22N2O/c14-10-11-4-1-2-7-13(11)15(8-9-16)12-5-3-6-12/h11-13,16H,1-9H2. The van der Waals surface area contributed by atoms with Crippen molar-refractivity contribution in [3.05, 3.63) is 0 Å². The van der Waals surface area contributed by atoms with Crippen LogP contribution in [0.5, 0.6) is 0 Å². The first kappa shape index (κ1) is 11.9. The molecule has 0 spiro atoms. The SMILES string of the molecule is N#CC1CCCCC1N(CCO)C1CCC1. The number of nitriles is 1. The van der Waals surface area contributed by atoms with Crippen molar-refractivity contribution in [2.75, 3.05) is 13.2 Å². The minimum absolute atomic E-state index is 0.195. The molecule has 0 amide bonds. The number of hydrogen-bond acceptors (Lipinski definition) is 3. The van der Waals surface area contributed by atoms with Gasteiger partial charge in [-0.1, -0.05) is 19.3 Å². The molecule has 90 valence electrons. The third kappa shape index (κ3) is 2.39. The predicted molar refractivity (Wildman–Crippen MR) is 62.8 cm³/mol. The molecule has 3 nitrogen and oxygen atoms in total. The average Bonchev–Trinajstić information content (AvgIpc) is 2.26. The smallest absolute Gasteiger partial charge is 0.0672 e. The molecule has 1 N–H and O–H groups in total. The Morgan fingerprint density at radius 1 is 1.12 bits per heavy atom. The first-order chi connectivity index (χ1) is 7.86. The fourth-order valence-corrected chi connectivity index (χ4v) is 3.11. The topological polar surface area (TPSA) is 47.3 Å². The Kier molecular flexibility index (Phi) is 4.20. The van der Waals surface area contributed by atoms with E-state index in [1.54, 1.807) is 0 Å². The van der Waals surface area contributed by atoms with Crippen molar-refractivity contribution in [3.63, 3.8) is 0 Å². The lowest BCUT2D eigenvalue weighted by Gasteiger charge is -2.45. The maximum absolute atomic E-state index is 9.21. The molecule has 16 heavy (non-hydrogen) atoms. The molecule has 3 heteroatoms. The van der Waals surface area contributed by atoms with Gasteiger partial charge in [0.05, 0.1) is 18.6 Å². The van der Waals surface area contributed by atoms with E-state index < -0.39 is 0 Å². The summed E-state index contributed by atoms with van der Waals surface area (Å²) in [5, 5.41) is 18.4. The highest BCUT2D eigenvalue weighted by Crippen LogP contribution is 2.34. The Hall–Kier alpha value is -0.590. The van der Waals surface area contributed by atoms with E-state index in [0.717, 1.165) is 19.4 Å². The van der Waals surface area contributed by atoms with Crippen LogP contribution in [0.15, 0.2) is 0 Å². The van der Waals surface area contributed by atoms with Gasteiger partial charge >= 0.3 is 0 Å². The van der Waals surface area contributed by atoms with Crippen LogP contribution in [0.4, 0.5) is 0 Å². The molecule has 2 atom stereocenters. The Morgan fingerprint density at radius 2 is 1.88 bits per heavy atom. The quantitative estimate of drug-likeness (QED) is 0.790. The third-order valence-corrected chi connectivity index (χ3v) is 4.22. The van der Waals surface area contributed by atoms with Crippen molar-refractivity contribution in [1.82, 2.24) is 4.90 Å². The van der Waals surface area contributed by atoms with Crippen molar-refractivity contribution < 1.29 is 5.11 Å². The molecule has 2 rings (SSSR count). The second-order valence-electron chi connectivity index (χ2n) is 5.13. The molecule has 0 heterocycles. The highest BCUT2D eigenvalue weighted by Gasteiger charge is 2.35. The molecule has 0 aromatic carbocycles. The molecule has 0 radical (unpaired) electrons. The van der Waals surface area contributed by atoms with Gasteiger partial charge in [0.25, 0.3) is 0 Å². The van der Waals surface area contributed by atoms with Gasteiger partial charge in [-0.3, -0.25) is 4.90 Å². The summed E-state index contributed by atoms with van der Waals surface area (Å²) in [6.45, 7) is 0.985. The molecule has 2 saturated carbocycles. The van der Waals surface area contributed by atoms with E-state index in [4.69, 9.17) is 0 Å². The Labute approximate surface area is 98.1 Å². The summed E-state index contributed by atoms with van der Waals surface area (Å²) in [6, 6.07) is 3.53. The van der Waals surface area contributed by atoms with E-state index in [9.17, 15) is 10.4 Å². The van der Waals surface area contributed by atoms with Gasteiger partial charge in [-0.05, 0) is 25.7 Å². The second-order valence-corrected chi connectivity index (χ2v) is 5.13. The first-order valence-electron chi connectivity index (χ1n) is 6.63. The highest BCUT2D eigenvalue weighted by molar-refractivity contribution is 4.98. The van der Waals surface area contributed by atoms with Crippen molar-refractivity contribution in [3.8, 4) is 6.07 Å². The summed E-state index contributed by atoms with van der Waals surface area (Å²) in [4.78, 5) is 2.43. The molecular weight excluding hydrogens is 200 g/mol. The van der Waals surface area contributed by atoms with Crippen LogP contribution in [0.25, 0.3) is 0 Å². The maximum Gasteiger partial charge on any atom is 0.0672 e. The molecule has 0 aromatic heterocycles. The van der Waals surface area contributed by atoms with Gasteiger partial charge in [0.2, 0.25) is 0 Å². The minimum Gasteiger partial charge on any atom is -0.395 e. The zero-order chi connectivity index (χ0) is 11.4. The van der Waals surface area contributed by atoms with E-state index in [-0.39, 0.29) is 12.5 Å². The van der Waals surface area contributed by atoms with E-state index in [0.29, 0.717) is 12.1 Å². The van der Waals surface area contributed by atoms with Crippen LogP contribution in [-0.4, -0.2) is 35.2 Å². The summed E-state index contributed by atoms with van der Waals surface area (Å²) >= 11 is 0. The van der Waals surface area contributed by atoms with Gasteiger partial charge in [0, 0.05) is 18.6 Å². The maximum atomic E-state index is 9.21. The van der Waals surface area contributed by atoms with Gasteiger partial charge in [-0.15, -0.1) is 0 Å².